The van der Waals surface area contributed by atoms with Gasteiger partial charge >= 0.3 is 0 Å². The fourth-order valence-corrected chi connectivity index (χ4v) is 7.79. The molecule has 2 aromatic rings. The Kier molecular flexibility index (Phi) is 8.11. The van der Waals surface area contributed by atoms with Gasteiger partial charge in [-0.1, -0.05) is 68.8 Å². The summed E-state index contributed by atoms with van der Waals surface area (Å²) >= 11 is 0. The normalized spacial score (nSPS) is 23.6. The fourth-order valence-electron chi connectivity index (χ4n) is 5.30. The van der Waals surface area contributed by atoms with Crippen LogP contribution in [0.5, 0.6) is 0 Å². The van der Waals surface area contributed by atoms with E-state index >= 15 is 0 Å². The van der Waals surface area contributed by atoms with Crippen molar-refractivity contribution in [3.8, 4) is 0 Å². The van der Waals surface area contributed by atoms with E-state index in [1.165, 1.54) is 0 Å². The zero-order valence-electron chi connectivity index (χ0n) is 23.4. The second kappa shape index (κ2) is 10.7. The van der Waals surface area contributed by atoms with Gasteiger partial charge in [0.05, 0.1) is 23.1 Å². The minimum Gasteiger partial charge on any atom is -0.406 e. The maximum absolute atomic E-state index is 13.8. The van der Waals surface area contributed by atoms with Gasteiger partial charge in [-0.05, 0) is 68.6 Å². The Morgan fingerprint density at radius 2 is 1.74 bits per heavy atom. The number of hydrogen-bond donors (Lipinski definition) is 0. The van der Waals surface area contributed by atoms with Crippen LogP contribution in [0.1, 0.15) is 62.4 Å². The number of benzene rings is 2. The van der Waals surface area contributed by atoms with Gasteiger partial charge < -0.3 is 9.33 Å². The van der Waals surface area contributed by atoms with Crippen molar-refractivity contribution in [3.63, 3.8) is 0 Å². The van der Waals surface area contributed by atoms with Gasteiger partial charge in [0.1, 0.15) is 0 Å². The van der Waals surface area contributed by atoms with E-state index in [0.717, 1.165) is 18.4 Å². The molecule has 1 aliphatic carbocycles. The van der Waals surface area contributed by atoms with Gasteiger partial charge in [-0.3, -0.25) is 8.98 Å². The number of carbonyl (C=O) groups is 1. The van der Waals surface area contributed by atoms with Crippen molar-refractivity contribution in [1.82, 2.24) is 4.90 Å². The van der Waals surface area contributed by atoms with Crippen molar-refractivity contribution in [2.75, 3.05) is 6.61 Å². The van der Waals surface area contributed by atoms with Crippen molar-refractivity contribution < 1.29 is 21.8 Å². The third kappa shape index (κ3) is 5.83. The van der Waals surface area contributed by atoms with Crippen LogP contribution in [0.15, 0.2) is 71.6 Å². The second-order valence-electron chi connectivity index (χ2n) is 12.1. The van der Waals surface area contributed by atoms with Crippen LogP contribution < -0.4 is 0 Å². The predicted octanol–water partition coefficient (Wildman–Crippen LogP) is 6.48. The van der Waals surface area contributed by atoms with Crippen LogP contribution in [0.2, 0.25) is 18.1 Å². The molecule has 1 heterocycles. The van der Waals surface area contributed by atoms with Gasteiger partial charge in [0.15, 0.2) is 8.32 Å². The number of carbonyl (C=O) groups excluding carboxylic acids is 1. The molecule has 8 heteroatoms. The third-order valence-corrected chi connectivity index (χ3v) is 14.2. The molecule has 38 heavy (non-hydrogen) atoms. The lowest BCUT2D eigenvalue weighted by atomic mass is 9.86. The maximum Gasteiger partial charge on any atom is 0.296 e. The summed E-state index contributed by atoms with van der Waals surface area (Å²) in [6.07, 6.45) is 6.94. The zero-order valence-corrected chi connectivity index (χ0v) is 25.3. The van der Waals surface area contributed by atoms with Gasteiger partial charge in [0.25, 0.3) is 16.0 Å². The Hall–Kier alpha value is -2.26. The monoisotopic (exact) mass is 555 g/mol. The first-order valence-electron chi connectivity index (χ1n) is 13.5. The average molecular weight is 556 g/mol. The SMILES string of the molecule is Cc1ccc(S(=O)(=O)OCCC[C@H]2N(C(=O)c3ccccc3)[C@@H]3CC=C[C@@]2(O[Si](C)(C)C(C)(C)C)C3)cc1. The minimum absolute atomic E-state index is 0.00167. The van der Waals surface area contributed by atoms with Crippen molar-refractivity contribution in [1.29, 1.82) is 0 Å². The highest BCUT2D eigenvalue weighted by Crippen LogP contribution is 2.49. The maximum atomic E-state index is 13.8. The number of fused-ring (bicyclic) bond motifs is 2. The van der Waals surface area contributed by atoms with Crippen molar-refractivity contribution in [3.05, 3.63) is 77.9 Å². The molecule has 206 valence electrons. The van der Waals surface area contributed by atoms with Crippen LogP contribution in [0.25, 0.3) is 0 Å². The Morgan fingerprint density at radius 3 is 2.37 bits per heavy atom. The molecule has 0 unspecified atom stereocenters. The highest BCUT2D eigenvalue weighted by atomic mass is 32.2. The molecule has 6 nitrogen and oxygen atoms in total. The molecule has 0 N–H and O–H groups in total. The largest absolute Gasteiger partial charge is 0.406 e. The number of likely N-dealkylation sites (tertiary alicyclic amines) is 1. The smallest absolute Gasteiger partial charge is 0.296 e. The lowest BCUT2D eigenvalue weighted by Crippen LogP contribution is -2.55. The molecule has 2 bridgehead atoms. The first-order valence-corrected chi connectivity index (χ1v) is 17.8. The van der Waals surface area contributed by atoms with Crippen molar-refractivity contribution in [2.24, 2.45) is 0 Å². The molecule has 0 saturated carbocycles. The van der Waals surface area contributed by atoms with E-state index in [1.807, 2.05) is 42.2 Å². The minimum atomic E-state index is -3.85. The summed E-state index contributed by atoms with van der Waals surface area (Å²) in [7, 11) is -6.03. The van der Waals surface area contributed by atoms with E-state index in [4.69, 9.17) is 8.61 Å². The van der Waals surface area contributed by atoms with Gasteiger partial charge in [-0.2, -0.15) is 8.42 Å². The van der Waals surface area contributed by atoms with Crippen LogP contribution >= 0.6 is 0 Å². The lowest BCUT2D eigenvalue weighted by Gasteiger charge is -2.46. The summed E-state index contributed by atoms with van der Waals surface area (Å²) < 4.78 is 38.0. The molecule has 1 fully saturated rings. The molecular weight excluding hydrogens is 514 g/mol. The number of rotatable bonds is 9. The van der Waals surface area contributed by atoms with E-state index in [0.29, 0.717) is 18.4 Å². The highest BCUT2D eigenvalue weighted by molar-refractivity contribution is 7.86. The van der Waals surface area contributed by atoms with E-state index in [1.54, 1.807) is 24.3 Å². The molecule has 2 aliphatic rings. The summed E-state index contributed by atoms with van der Waals surface area (Å²) in [5.74, 6) is -0.00167. The van der Waals surface area contributed by atoms with Gasteiger partial charge in [-0.25, -0.2) is 0 Å². The molecule has 3 atom stereocenters. The molecule has 1 amide bonds. The van der Waals surface area contributed by atoms with Gasteiger partial charge in [0, 0.05) is 18.0 Å². The molecular formula is C30H41NO5SSi. The van der Waals surface area contributed by atoms with Crippen LogP contribution in [-0.2, 0) is 18.7 Å². The number of aryl methyl sites for hydroxylation is 1. The summed E-state index contributed by atoms with van der Waals surface area (Å²) in [4.78, 5) is 16.0. The second-order valence-corrected chi connectivity index (χ2v) is 18.5. The number of nitrogens with zero attached hydrogens (tertiary/aromatic N) is 1. The predicted molar refractivity (Wildman–Crippen MR) is 153 cm³/mol. The van der Waals surface area contributed by atoms with Crippen LogP contribution in [0, 0.1) is 6.92 Å². The first kappa shape index (κ1) is 28.7. The molecule has 1 saturated heterocycles. The van der Waals surface area contributed by atoms with Crippen molar-refractivity contribution >= 4 is 24.3 Å². The standard InChI is InChI=1S/C30H41NO5SSi/c1-23-16-18-26(19-17-23)37(33,34)35-21-11-15-27-30(36-38(5,6)29(2,3)4)20-10-14-25(22-30)31(27)28(32)24-12-8-7-9-13-24/h7-10,12-13,16-20,25,27H,11,14-15,21-22H2,1-6H3/t25-,27-,30-/m1/s1. The Balaban J connectivity index is 1.58. The Morgan fingerprint density at radius 1 is 1.08 bits per heavy atom. The zero-order chi connectivity index (χ0) is 27.8. The quantitative estimate of drug-likeness (QED) is 0.153. The van der Waals surface area contributed by atoms with E-state index in [2.05, 4.69) is 46.0 Å². The number of amides is 1. The Labute approximate surface area is 229 Å². The molecule has 0 aromatic heterocycles. The molecule has 2 aromatic carbocycles. The third-order valence-electron chi connectivity index (χ3n) is 8.33. The van der Waals surface area contributed by atoms with Crippen LogP contribution in [0.4, 0.5) is 0 Å². The molecule has 4 rings (SSSR count). The molecule has 1 aliphatic heterocycles. The lowest BCUT2D eigenvalue weighted by molar-refractivity contribution is 0.0395. The first-order chi connectivity index (χ1) is 17.8. The topological polar surface area (TPSA) is 72.9 Å². The summed E-state index contributed by atoms with van der Waals surface area (Å²) in [6.45, 7) is 13.1. The summed E-state index contributed by atoms with van der Waals surface area (Å²) in [5, 5.41) is 0.00910. The average Bonchev–Trinajstić information content (AvgIpc) is 3.05. The van der Waals surface area contributed by atoms with E-state index < -0.39 is 24.0 Å². The van der Waals surface area contributed by atoms with E-state index in [9.17, 15) is 13.2 Å². The summed E-state index contributed by atoms with van der Waals surface area (Å²) in [6, 6.07) is 15.9. The molecule has 0 radical (unpaired) electrons. The summed E-state index contributed by atoms with van der Waals surface area (Å²) in [5.41, 5.74) is 1.05. The van der Waals surface area contributed by atoms with Gasteiger partial charge in [0.2, 0.25) is 0 Å². The molecule has 0 spiro atoms. The van der Waals surface area contributed by atoms with Crippen molar-refractivity contribution in [2.45, 2.75) is 94.1 Å². The highest BCUT2D eigenvalue weighted by Gasteiger charge is 2.57. The van der Waals surface area contributed by atoms with Gasteiger partial charge in [-0.15, -0.1) is 0 Å². The number of hydrogen-bond acceptors (Lipinski definition) is 5. The van der Waals surface area contributed by atoms with Crippen LogP contribution in [0.3, 0.4) is 0 Å². The van der Waals surface area contributed by atoms with E-state index in [-0.39, 0.29) is 34.5 Å². The Bertz CT molecular complexity index is 1270. The fraction of sp³-hybridized carbons (Fsp3) is 0.500. The van der Waals surface area contributed by atoms with Crippen LogP contribution in [-0.4, -0.2) is 51.8 Å².